The van der Waals surface area contributed by atoms with Crippen molar-refractivity contribution in [3.8, 4) is 11.6 Å². The fourth-order valence-corrected chi connectivity index (χ4v) is 2.47. The molecule has 3 nitrogen and oxygen atoms in total. The summed E-state index contributed by atoms with van der Waals surface area (Å²) in [6.07, 6.45) is 2.72. The Labute approximate surface area is 124 Å². The number of fused-ring (bicyclic) bond motifs is 1. The highest BCUT2D eigenvalue weighted by Gasteiger charge is 2.10. The number of nitrogens with two attached hydrogens (primary N) is 1. The molecular weight excluding hydrogens is 260 g/mol. The van der Waals surface area contributed by atoms with E-state index in [9.17, 15) is 0 Å². The molecule has 0 saturated carbocycles. The summed E-state index contributed by atoms with van der Waals surface area (Å²) in [6, 6.07) is 16.1. The minimum absolute atomic E-state index is 0.472. The number of benzene rings is 2. The third kappa shape index (κ3) is 2.60. The van der Waals surface area contributed by atoms with Crippen LogP contribution in [0.15, 0.2) is 54.7 Å². The van der Waals surface area contributed by atoms with E-state index in [4.69, 9.17) is 10.5 Å². The molecule has 106 valence electrons. The van der Waals surface area contributed by atoms with E-state index < -0.39 is 0 Å². The Morgan fingerprint density at radius 1 is 0.952 bits per heavy atom. The van der Waals surface area contributed by atoms with Crippen molar-refractivity contribution in [1.82, 2.24) is 4.98 Å². The lowest BCUT2D eigenvalue weighted by atomic mass is 10.1. The smallest absolute Gasteiger partial charge is 0.227 e. The Morgan fingerprint density at radius 2 is 1.67 bits per heavy atom. The minimum Gasteiger partial charge on any atom is -0.438 e. The van der Waals surface area contributed by atoms with Crippen molar-refractivity contribution in [2.45, 2.75) is 19.9 Å². The summed E-state index contributed by atoms with van der Waals surface area (Å²) in [5, 5.41) is 2.09. The van der Waals surface area contributed by atoms with E-state index in [0.29, 0.717) is 12.4 Å². The average molecular weight is 278 g/mol. The molecule has 0 spiro atoms. The Hall–Kier alpha value is -2.39. The van der Waals surface area contributed by atoms with Crippen LogP contribution in [0.3, 0.4) is 0 Å². The van der Waals surface area contributed by atoms with Gasteiger partial charge in [0.1, 0.15) is 5.75 Å². The third-order valence-corrected chi connectivity index (χ3v) is 3.62. The number of para-hydroxylation sites is 1. The molecule has 0 bridgehead atoms. The summed E-state index contributed by atoms with van der Waals surface area (Å²) in [5.74, 6) is 1.49. The normalized spacial score (nSPS) is 10.8. The Morgan fingerprint density at radius 3 is 2.43 bits per heavy atom. The molecule has 0 aliphatic rings. The van der Waals surface area contributed by atoms with E-state index in [1.165, 1.54) is 5.56 Å². The van der Waals surface area contributed by atoms with E-state index in [0.717, 1.165) is 28.5 Å². The SMILES string of the molecule is CCc1ccccc1Oc1ncc(CN)c2ccccc12. The summed E-state index contributed by atoms with van der Waals surface area (Å²) in [6.45, 7) is 2.59. The molecule has 0 amide bonds. The van der Waals surface area contributed by atoms with E-state index >= 15 is 0 Å². The maximum absolute atomic E-state index is 6.06. The fourth-order valence-electron chi connectivity index (χ4n) is 2.47. The summed E-state index contributed by atoms with van der Waals surface area (Å²) in [5.41, 5.74) is 7.99. The maximum Gasteiger partial charge on any atom is 0.227 e. The second-order valence-electron chi connectivity index (χ2n) is 4.90. The Balaban J connectivity index is 2.09. The molecule has 2 aromatic carbocycles. The number of rotatable bonds is 4. The Bertz CT molecular complexity index is 768. The lowest BCUT2D eigenvalue weighted by Gasteiger charge is -2.12. The third-order valence-electron chi connectivity index (χ3n) is 3.62. The molecule has 0 unspecified atom stereocenters. The van der Waals surface area contributed by atoms with Gasteiger partial charge < -0.3 is 10.5 Å². The second kappa shape index (κ2) is 5.94. The zero-order valence-electron chi connectivity index (χ0n) is 12.0. The first-order chi connectivity index (χ1) is 10.3. The molecule has 0 fully saturated rings. The van der Waals surface area contributed by atoms with Crippen LogP contribution >= 0.6 is 0 Å². The molecule has 2 N–H and O–H groups in total. The van der Waals surface area contributed by atoms with Crippen molar-refractivity contribution >= 4 is 10.8 Å². The summed E-state index contributed by atoms with van der Waals surface area (Å²) in [4.78, 5) is 4.45. The van der Waals surface area contributed by atoms with Crippen molar-refractivity contribution in [2.24, 2.45) is 5.73 Å². The molecule has 1 heterocycles. The van der Waals surface area contributed by atoms with Crippen molar-refractivity contribution in [2.75, 3.05) is 0 Å². The minimum atomic E-state index is 0.472. The monoisotopic (exact) mass is 278 g/mol. The van der Waals surface area contributed by atoms with E-state index in [2.05, 4.69) is 24.0 Å². The van der Waals surface area contributed by atoms with Gasteiger partial charge in [-0.2, -0.15) is 0 Å². The molecule has 3 rings (SSSR count). The van der Waals surface area contributed by atoms with Crippen LogP contribution in [-0.4, -0.2) is 4.98 Å². The molecular formula is C18H18N2O. The number of aromatic nitrogens is 1. The predicted molar refractivity (Wildman–Crippen MR) is 85.5 cm³/mol. The van der Waals surface area contributed by atoms with Crippen molar-refractivity contribution < 1.29 is 4.74 Å². The summed E-state index contributed by atoms with van der Waals surface area (Å²) < 4.78 is 6.06. The first-order valence-electron chi connectivity index (χ1n) is 7.16. The number of ether oxygens (including phenoxy) is 1. The van der Waals surface area contributed by atoms with Crippen molar-refractivity contribution in [3.63, 3.8) is 0 Å². The lowest BCUT2D eigenvalue weighted by molar-refractivity contribution is 0.463. The summed E-state index contributed by atoms with van der Waals surface area (Å²) >= 11 is 0. The molecule has 0 aliphatic heterocycles. The average Bonchev–Trinajstić information content (AvgIpc) is 2.55. The van der Waals surface area contributed by atoms with Gasteiger partial charge in [0, 0.05) is 18.1 Å². The highest BCUT2D eigenvalue weighted by atomic mass is 16.5. The van der Waals surface area contributed by atoms with Crippen LogP contribution in [0.5, 0.6) is 11.6 Å². The Kier molecular flexibility index (Phi) is 3.84. The molecule has 0 atom stereocenters. The second-order valence-corrected chi connectivity index (χ2v) is 4.90. The van der Waals surface area contributed by atoms with Gasteiger partial charge in [0.25, 0.3) is 0 Å². The van der Waals surface area contributed by atoms with Gasteiger partial charge in [0.05, 0.1) is 0 Å². The fraction of sp³-hybridized carbons (Fsp3) is 0.167. The molecule has 3 heteroatoms. The van der Waals surface area contributed by atoms with E-state index in [1.54, 1.807) is 6.20 Å². The summed E-state index contributed by atoms with van der Waals surface area (Å²) in [7, 11) is 0. The van der Waals surface area contributed by atoms with Crippen LogP contribution < -0.4 is 10.5 Å². The van der Waals surface area contributed by atoms with Gasteiger partial charge in [-0.1, -0.05) is 43.3 Å². The van der Waals surface area contributed by atoms with Gasteiger partial charge >= 0.3 is 0 Å². The topological polar surface area (TPSA) is 48.1 Å². The van der Waals surface area contributed by atoms with Crippen LogP contribution in [0.1, 0.15) is 18.1 Å². The highest BCUT2D eigenvalue weighted by Crippen LogP contribution is 2.31. The number of aryl methyl sites for hydroxylation is 1. The van der Waals surface area contributed by atoms with Crippen LogP contribution in [0, 0.1) is 0 Å². The number of pyridine rings is 1. The predicted octanol–water partition coefficient (Wildman–Crippen LogP) is 4.05. The number of nitrogens with zero attached hydrogens (tertiary/aromatic N) is 1. The van der Waals surface area contributed by atoms with Gasteiger partial charge in [0.2, 0.25) is 5.88 Å². The van der Waals surface area contributed by atoms with Crippen LogP contribution in [0.4, 0.5) is 0 Å². The highest BCUT2D eigenvalue weighted by molar-refractivity contribution is 5.89. The molecule has 1 aromatic heterocycles. The van der Waals surface area contributed by atoms with E-state index in [1.807, 2.05) is 36.4 Å². The first-order valence-corrected chi connectivity index (χ1v) is 7.16. The van der Waals surface area contributed by atoms with Crippen molar-refractivity contribution in [3.05, 3.63) is 65.9 Å². The zero-order valence-corrected chi connectivity index (χ0v) is 12.0. The molecule has 3 aromatic rings. The van der Waals surface area contributed by atoms with E-state index in [-0.39, 0.29) is 0 Å². The number of hydrogen-bond acceptors (Lipinski definition) is 3. The molecule has 0 saturated heterocycles. The standard InChI is InChI=1S/C18H18N2O/c1-2-13-7-3-6-10-17(13)21-18-16-9-5-4-8-15(16)14(11-19)12-20-18/h3-10,12H,2,11,19H2,1H3. The van der Waals surface area contributed by atoms with Crippen LogP contribution in [-0.2, 0) is 13.0 Å². The number of hydrogen-bond donors (Lipinski definition) is 1. The lowest BCUT2D eigenvalue weighted by Crippen LogP contribution is -2.00. The first kappa shape index (κ1) is 13.6. The van der Waals surface area contributed by atoms with Gasteiger partial charge in [-0.3, -0.25) is 0 Å². The van der Waals surface area contributed by atoms with Crippen LogP contribution in [0.25, 0.3) is 10.8 Å². The quantitative estimate of drug-likeness (QED) is 0.783. The van der Waals surface area contributed by atoms with Gasteiger partial charge in [-0.25, -0.2) is 4.98 Å². The van der Waals surface area contributed by atoms with Gasteiger partial charge in [0.15, 0.2) is 0 Å². The van der Waals surface area contributed by atoms with Crippen molar-refractivity contribution in [1.29, 1.82) is 0 Å². The maximum atomic E-state index is 6.06. The molecule has 21 heavy (non-hydrogen) atoms. The zero-order chi connectivity index (χ0) is 14.7. The van der Waals surface area contributed by atoms with Gasteiger partial charge in [-0.15, -0.1) is 0 Å². The molecule has 0 radical (unpaired) electrons. The van der Waals surface area contributed by atoms with Crippen LogP contribution in [0.2, 0.25) is 0 Å². The van der Waals surface area contributed by atoms with Gasteiger partial charge in [-0.05, 0) is 35.1 Å². The largest absolute Gasteiger partial charge is 0.438 e. The molecule has 0 aliphatic carbocycles.